The van der Waals surface area contributed by atoms with Crippen molar-refractivity contribution in [2.24, 2.45) is 0 Å². The number of rotatable bonds is 3. The van der Waals surface area contributed by atoms with Gasteiger partial charge in [-0.25, -0.2) is 0 Å². The summed E-state index contributed by atoms with van der Waals surface area (Å²) in [6, 6.07) is 14.8. The van der Waals surface area contributed by atoms with Crippen LogP contribution in [0.2, 0.25) is 0 Å². The summed E-state index contributed by atoms with van der Waals surface area (Å²) in [5, 5.41) is 0. The van der Waals surface area contributed by atoms with Gasteiger partial charge in [-0.2, -0.15) is 0 Å². The summed E-state index contributed by atoms with van der Waals surface area (Å²) in [6.07, 6.45) is -2.35. The summed E-state index contributed by atoms with van der Waals surface area (Å²) >= 11 is 0. The van der Waals surface area contributed by atoms with E-state index in [0.717, 1.165) is 5.56 Å². The van der Waals surface area contributed by atoms with E-state index in [1.807, 2.05) is 12.1 Å². The van der Waals surface area contributed by atoms with Crippen LogP contribution in [0.5, 0.6) is 5.75 Å². The maximum Gasteiger partial charge on any atom is 0.573 e. The summed E-state index contributed by atoms with van der Waals surface area (Å²) in [5.74, 6) is 0.387. The van der Waals surface area contributed by atoms with E-state index >= 15 is 0 Å². The molecule has 0 amide bonds. The molecular formula is C16H12F3O. The maximum absolute atomic E-state index is 12.4. The Bertz CT molecular complexity index is 598. The highest BCUT2D eigenvalue weighted by atomic mass is 19.4. The Morgan fingerprint density at radius 2 is 1.80 bits per heavy atom. The number of benzene rings is 2. The van der Waals surface area contributed by atoms with Gasteiger partial charge in [-0.05, 0) is 48.1 Å². The molecule has 0 spiro atoms. The molecule has 20 heavy (non-hydrogen) atoms. The molecule has 1 saturated carbocycles. The first-order valence-electron chi connectivity index (χ1n) is 6.40. The highest BCUT2D eigenvalue weighted by Gasteiger charge is 2.32. The van der Waals surface area contributed by atoms with Gasteiger partial charge >= 0.3 is 6.36 Å². The molecule has 0 unspecified atom stereocenters. The zero-order chi connectivity index (χ0) is 14.2. The number of ether oxygens (including phenoxy) is 1. The van der Waals surface area contributed by atoms with Crippen LogP contribution in [0.3, 0.4) is 0 Å². The van der Waals surface area contributed by atoms with Crippen molar-refractivity contribution in [1.29, 1.82) is 0 Å². The standard InChI is InChI=1S/C16H12F3O/c17-16(18,19)20-15-4-2-1-3-14(15)13-9-7-12(8-10-13)11-5-6-11/h1-4,7,9-11H,5-6H2. The number of hydrogen-bond acceptors (Lipinski definition) is 1. The van der Waals surface area contributed by atoms with E-state index in [-0.39, 0.29) is 5.75 Å². The molecule has 3 rings (SSSR count). The smallest absolute Gasteiger partial charge is 0.405 e. The third-order valence-corrected chi connectivity index (χ3v) is 3.28. The minimum Gasteiger partial charge on any atom is -0.405 e. The van der Waals surface area contributed by atoms with Crippen molar-refractivity contribution in [1.82, 2.24) is 0 Å². The van der Waals surface area contributed by atoms with E-state index in [0.29, 0.717) is 17.0 Å². The fourth-order valence-electron chi connectivity index (χ4n) is 2.17. The second kappa shape index (κ2) is 4.85. The minimum absolute atomic E-state index is 0.187. The molecule has 0 bridgehead atoms. The second-order valence-corrected chi connectivity index (χ2v) is 4.85. The lowest BCUT2D eigenvalue weighted by Crippen LogP contribution is -2.17. The molecule has 0 aromatic heterocycles. The molecule has 0 atom stereocenters. The Kier molecular flexibility index (Phi) is 3.16. The van der Waals surface area contributed by atoms with Gasteiger partial charge < -0.3 is 4.74 Å². The van der Waals surface area contributed by atoms with Crippen LogP contribution < -0.4 is 4.74 Å². The molecule has 2 aromatic carbocycles. The zero-order valence-corrected chi connectivity index (χ0v) is 10.6. The lowest BCUT2D eigenvalue weighted by atomic mass is 10.0. The van der Waals surface area contributed by atoms with Crippen LogP contribution in [0.15, 0.2) is 42.5 Å². The minimum atomic E-state index is -4.69. The lowest BCUT2D eigenvalue weighted by molar-refractivity contribution is -0.274. The van der Waals surface area contributed by atoms with Crippen LogP contribution in [0.25, 0.3) is 11.1 Å². The van der Waals surface area contributed by atoms with E-state index in [4.69, 9.17) is 0 Å². The molecule has 0 N–H and O–H groups in total. The topological polar surface area (TPSA) is 9.23 Å². The second-order valence-electron chi connectivity index (χ2n) is 4.85. The summed E-state index contributed by atoms with van der Waals surface area (Å²) in [4.78, 5) is 0. The van der Waals surface area contributed by atoms with Crippen LogP contribution in [0, 0.1) is 6.07 Å². The Morgan fingerprint density at radius 1 is 1.05 bits per heavy atom. The number of hydrogen-bond donors (Lipinski definition) is 0. The normalized spacial score (nSPS) is 15.2. The van der Waals surface area contributed by atoms with Gasteiger partial charge in [0.25, 0.3) is 0 Å². The SMILES string of the molecule is FC(F)(F)Oc1ccccc1-c1c[c]c(C2CC2)cc1. The summed E-state index contributed by atoms with van der Waals surface area (Å²) in [7, 11) is 0. The van der Waals surface area contributed by atoms with Crippen molar-refractivity contribution < 1.29 is 17.9 Å². The van der Waals surface area contributed by atoms with E-state index in [2.05, 4.69) is 10.8 Å². The highest BCUT2D eigenvalue weighted by Crippen LogP contribution is 2.41. The molecular weight excluding hydrogens is 265 g/mol. The third-order valence-electron chi connectivity index (χ3n) is 3.28. The molecule has 1 aliphatic rings. The molecule has 103 valence electrons. The van der Waals surface area contributed by atoms with Crippen LogP contribution in [-0.4, -0.2) is 6.36 Å². The summed E-state index contributed by atoms with van der Waals surface area (Å²) in [5.41, 5.74) is 2.22. The Balaban J connectivity index is 1.92. The van der Waals surface area contributed by atoms with E-state index < -0.39 is 6.36 Å². The Morgan fingerprint density at radius 3 is 2.40 bits per heavy atom. The molecule has 2 aromatic rings. The number of alkyl halides is 3. The van der Waals surface area contributed by atoms with Gasteiger partial charge in [0.05, 0.1) is 0 Å². The molecule has 0 saturated heterocycles. The first-order valence-corrected chi connectivity index (χ1v) is 6.40. The Hall–Kier alpha value is -1.97. The fraction of sp³-hybridized carbons (Fsp3) is 0.250. The van der Waals surface area contributed by atoms with Crippen molar-refractivity contribution in [2.75, 3.05) is 0 Å². The monoisotopic (exact) mass is 277 g/mol. The van der Waals surface area contributed by atoms with Crippen molar-refractivity contribution in [3.63, 3.8) is 0 Å². The maximum atomic E-state index is 12.4. The number of halogens is 3. The van der Waals surface area contributed by atoms with Crippen molar-refractivity contribution in [2.45, 2.75) is 25.1 Å². The zero-order valence-electron chi connectivity index (χ0n) is 10.6. The molecule has 1 aliphatic carbocycles. The lowest BCUT2D eigenvalue weighted by Gasteiger charge is -2.13. The van der Waals surface area contributed by atoms with Crippen molar-refractivity contribution >= 4 is 0 Å². The molecule has 1 nitrogen and oxygen atoms in total. The molecule has 4 heteroatoms. The van der Waals surface area contributed by atoms with Gasteiger partial charge in [0.2, 0.25) is 0 Å². The van der Waals surface area contributed by atoms with Gasteiger partial charge in [-0.1, -0.05) is 30.3 Å². The van der Waals surface area contributed by atoms with Crippen molar-refractivity contribution in [3.8, 4) is 16.9 Å². The van der Waals surface area contributed by atoms with Gasteiger partial charge in [0.1, 0.15) is 5.75 Å². The van der Waals surface area contributed by atoms with Crippen molar-refractivity contribution in [3.05, 3.63) is 54.1 Å². The fourth-order valence-corrected chi connectivity index (χ4v) is 2.17. The van der Waals surface area contributed by atoms with Gasteiger partial charge in [0.15, 0.2) is 0 Å². The van der Waals surface area contributed by atoms with E-state index in [1.165, 1.54) is 25.0 Å². The Labute approximate surface area is 115 Å². The van der Waals surface area contributed by atoms with Crippen LogP contribution >= 0.6 is 0 Å². The first kappa shape index (κ1) is 13.0. The highest BCUT2D eigenvalue weighted by molar-refractivity contribution is 5.70. The largest absolute Gasteiger partial charge is 0.573 e. The average Bonchev–Trinajstić information content (AvgIpc) is 3.22. The molecule has 0 heterocycles. The van der Waals surface area contributed by atoms with Crippen LogP contribution in [-0.2, 0) is 0 Å². The number of para-hydroxylation sites is 1. The van der Waals surface area contributed by atoms with Gasteiger partial charge in [-0.3, -0.25) is 0 Å². The summed E-state index contributed by atoms with van der Waals surface area (Å²) < 4.78 is 41.2. The average molecular weight is 277 g/mol. The molecule has 0 aliphatic heterocycles. The molecule has 1 fully saturated rings. The molecule has 1 radical (unpaired) electrons. The van der Waals surface area contributed by atoms with Gasteiger partial charge in [-0.15, -0.1) is 13.2 Å². The predicted molar refractivity (Wildman–Crippen MR) is 69.4 cm³/mol. The third kappa shape index (κ3) is 2.95. The van der Waals surface area contributed by atoms with Crippen LogP contribution in [0.1, 0.15) is 24.3 Å². The summed E-state index contributed by atoms with van der Waals surface area (Å²) in [6.45, 7) is 0. The first-order chi connectivity index (χ1) is 9.53. The van der Waals surface area contributed by atoms with Gasteiger partial charge in [0, 0.05) is 5.56 Å². The van der Waals surface area contributed by atoms with Crippen LogP contribution in [0.4, 0.5) is 13.2 Å². The van der Waals surface area contributed by atoms with E-state index in [9.17, 15) is 13.2 Å². The van der Waals surface area contributed by atoms with E-state index in [1.54, 1.807) is 18.2 Å². The quantitative estimate of drug-likeness (QED) is 0.773. The predicted octanol–water partition coefficient (Wildman–Crippen LogP) is 4.93.